The van der Waals surface area contributed by atoms with E-state index in [1.165, 1.54) is 41.3 Å². The van der Waals surface area contributed by atoms with Crippen LogP contribution >= 0.6 is 0 Å². The standard InChI is InChI=1S/C22H20N4O9/c27-14-9-17(28)20(18(10-14)34-15-3-1-13(2-4-15)26(32)33)19-11-16(24-35-19)21(29)23-12-5-7-25(8-6-12)22(30)31/h1-4,9-12,27-28H,5-8H2,(H,23,29)(H,30,31). The zero-order valence-electron chi connectivity index (χ0n) is 18.1. The Kier molecular flexibility index (Phi) is 6.40. The highest BCUT2D eigenvalue weighted by molar-refractivity contribution is 5.93. The zero-order chi connectivity index (χ0) is 25.1. The van der Waals surface area contributed by atoms with Crippen molar-refractivity contribution in [2.45, 2.75) is 18.9 Å². The molecule has 0 unspecified atom stereocenters. The quantitative estimate of drug-likeness (QED) is 0.298. The van der Waals surface area contributed by atoms with Crippen LogP contribution in [0.2, 0.25) is 0 Å². The molecule has 2 aromatic carbocycles. The van der Waals surface area contributed by atoms with Crippen LogP contribution in [0.25, 0.3) is 11.3 Å². The number of nitro groups is 1. The number of nitrogens with zero attached hydrogens (tertiary/aromatic N) is 3. The molecule has 1 fully saturated rings. The molecule has 0 spiro atoms. The lowest BCUT2D eigenvalue weighted by atomic mass is 10.1. The van der Waals surface area contributed by atoms with E-state index in [4.69, 9.17) is 14.4 Å². The van der Waals surface area contributed by atoms with Crippen molar-refractivity contribution in [3.05, 3.63) is 58.3 Å². The molecule has 35 heavy (non-hydrogen) atoms. The highest BCUT2D eigenvalue weighted by Crippen LogP contribution is 2.43. The van der Waals surface area contributed by atoms with E-state index in [0.717, 1.165) is 6.07 Å². The van der Waals surface area contributed by atoms with Crippen molar-refractivity contribution in [1.29, 1.82) is 0 Å². The Morgan fingerprint density at radius 2 is 1.83 bits per heavy atom. The van der Waals surface area contributed by atoms with Crippen molar-refractivity contribution in [3.63, 3.8) is 0 Å². The van der Waals surface area contributed by atoms with E-state index < -0.39 is 22.7 Å². The number of carbonyl (C=O) groups excluding carboxylic acids is 1. The summed E-state index contributed by atoms with van der Waals surface area (Å²) in [6.07, 6.45) is -0.0972. The molecule has 0 aliphatic carbocycles. The van der Waals surface area contributed by atoms with Gasteiger partial charge >= 0.3 is 6.09 Å². The zero-order valence-corrected chi connectivity index (χ0v) is 18.1. The average Bonchev–Trinajstić information content (AvgIpc) is 3.29. The molecule has 1 aliphatic heterocycles. The van der Waals surface area contributed by atoms with Gasteiger partial charge in [0, 0.05) is 49.5 Å². The van der Waals surface area contributed by atoms with Crippen molar-refractivity contribution in [2.75, 3.05) is 13.1 Å². The third kappa shape index (κ3) is 5.24. The lowest BCUT2D eigenvalue weighted by Gasteiger charge is -2.30. The molecule has 3 aromatic rings. The van der Waals surface area contributed by atoms with Crippen LogP contribution in [0, 0.1) is 10.1 Å². The number of ether oxygens (including phenoxy) is 1. The minimum absolute atomic E-state index is 0.00229. The highest BCUT2D eigenvalue weighted by Gasteiger charge is 2.26. The van der Waals surface area contributed by atoms with Gasteiger partial charge in [-0.2, -0.15) is 0 Å². The van der Waals surface area contributed by atoms with Gasteiger partial charge in [-0.15, -0.1) is 0 Å². The lowest BCUT2D eigenvalue weighted by molar-refractivity contribution is -0.384. The summed E-state index contributed by atoms with van der Waals surface area (Å²) < 4.78 is 10.9. The van der Waals surface area contributed by atoms with Gasteiger partial charge in [-0.3, -0.25) is 14.9 Å². The van der Waals surface area contributed by atoms with Gasteiger partial charge in [0.1, 0.15) is 28.6 Å². The van der Waals surface area contributed by atoms with E-state index >= 15 is 0 Å². The van der Waals surface area contributed by atoms with Gasteiger partial charge in [-0.25, -0.2) is 4.79 Å². The maximum Gasteiger partial charge on any atom is 0.407 e. The molecule has 2 heterocycles. The maximum atomic E-state index is 12.6. The molecular formula is C22H20N4O9. The molecule has 0 bridgehead atoms. The first kappa shape index (κ1) is 23.4. The highest BCUT2D eigenvalue weighted by atomic mass is 16.6. The Hall–Kier alpha value is -4.81. The van der Waals surface area contributed by atoms with Gasteiger partial charge in [-0.05, 0) is 25.0 Å². The molecular weight excluding hydrogens is 464 g/mol. The van der Waals surface area contributed by atoms with E-state index in [1.807, 2.05) is 0 Å². The lowest BCUT2D eigenvalue weighted by Crippen LogP contribution is -2.46. The number of carbonyl (C=O) groups is 2. The summed E-state index contributed by atoms with van der Waals surface area (Å²) >= 11 is 0. The molecule has 13 heteroatoms. The summed E-state index contributed by atoms with van der Waals surface area (Å²) in [6, 6.07) is 8.46. The van der Waals surface area contributed by atoms with Crippen LogP contribution in [0.4, 0.5) is 10.5 Å². The number of likely N-dealkylation sites (tertiary alicyclic amines) is 1. The molecule has 182 valence electrons. The van der Waals surface area contributed by atoms with Crippen molar-refractivity contribution >= 4 is 17.7 Å². The van der Waals surface area contributed by atoms with Gasteiger partial charge in [-0.1, -0.05) is 5.16 Å². The van der Waals surface area contributed by atoms with Gasteiger partial charge in [0.25, 0.3) is 11.6 Å². The number of aromatic hydroxyl groups is 2. The summed E-state index contributed by atoms with van der Waals surface area (Å²) in [5, 5.41) is 46.7. The molecule has 13 nitrogen and oxygen atoms in total. The van der Waals surface area contributed by atoms with Crippen molar-refractivity contribution < 1.29 is 39.1 Å². The number of non-ortho nitro benzene ring substituents is 1. The molecule has 1 aliphatic rings. The number of hydrogen-bond donors (Lipinski definition) is 4. The first-order chi connectivity index (χ1) is 16.7. The topological polar surface area (TPSA) is 188 Å². The van der Waals surface area contributed by atoms with Crippen LogP contribution in [0.1, 0.15) is 23.3 Å². The molecule has 0 radical (unpaired) electrons. The monoisotopic (exact) mass is 484 g/mol. The normalized spacial score (nSPS) is 13.9. The van der Waals surface area contributed by atoms with Crippen molar-refractivity contribution in [3.8, 4) is 34.3 Å². The fourth-order valence-corrected chi connectivity index (χ4v) is 3.65. The first-order valence-electron chi connectivity index (χ1n) is 10.5. The number of carboxylic acid groups (broad SMARTS) is 1. The number of amides is 2. The third-order valence-corrected chi connectivity index (χ3v) is 5.43. The van der Waals surface area contributed by atoms with Gasteiger partial charge < -0.3 is 34.8 Å². The molecule has 0 saturated carbocycles. The Morgan fingerprint density at radius 3 is 2.46 bits per heavy atom. The Balaban J connectivity index is 1.52. The number of phenols is 2. The predicted molar refractivity (Wildman–Crippen MR) is 119 cm³/mol. The van der Waals surface area contributed by atoms with Crippen LogP contribution in [0.5, 0.6) is 23.0 Å². The van der Waals surface area contributed by atoms with E-state index in [0.29, 0.717) is 25.9 Å². The first-order valence-corrected chi connectivity index (χ1v) is 10.5. The van der Waals surface area contributed by atoms with E-state index in [2.05, 4.69) is 10.5 Å². The molecule has 0 atom stereocenters. The van der Waals surface area contributed by atoms with Crippen LogP contribution in [-0.2, 0) is 0 Å². The molecule has 4 rings (SSSR count). The minimum atomic E-state index is -1.00. The number of piperidine rings is 1. The number of phenolic OH excluding ortho intramolecular Hbond substituents is 2. The van der Waals surface area contributed by atoms with Gasteiger partial charge in [0.05, 0.1) is 4.92 Å². The van der Waals surface area contributed by atoms with Crippen LogP contribution in [0.15, 0.2) is 47.0 Å². The Labute approximate surface area is 197 Å². The third-order valence-electron chi connectivity index (χ3n) is 5.43. The second-order valence-electron chi connectivity index (χ2n) is 7.78. The molecule has 2 amide bonds. The summed E-state index contributed by atoms with van der Waals surface area (Å²) in [7, 11) is 0. The summed E-state index contributed by atoms with van der Waals surface area (Å²) in [6.45, 7) is 0.601. The van der Waals surface area contributed by atoms with Crippen LogP contribution < -0.4 is 10.1 Å². The van der Waals surface area contributed by atoms with E-state index in [-0.39, 0.29) is 46.0 Å². The number of nitrogens with one attached hydrogen (secondary N) is 1. The average molecular weight is 484 g/mol. The Bertz CT molecular complexity index is 1260. The maximum absolute atomic E-state index is 12.6. The summed E-state index contributed by atoms with van der Waals surface area (Å²) in [5.74, 6) is -1.14. The van der Waals surface area contributed by atoms with E-state index in [1.54, 1.807) is 0 Å². The fourth-order valence-electron chi connectivity index (χ4n) is 3.65. The van der Waals surface area contributed by atoms with Crippen LogP contribution in [-0.4, -0.2) is 61.4 Å². The van der Waals surface area contributed by atoms with Crippen LogP contribution in [0.3, 0.4) is 0 Å². The number of nitro benzene ring substituents is 1. The second kappa shape index (κ2) is 9.59. The van der Waals surface area contributed by atoms with E-state index in [9.17, 15) is 29.9 Å². The Morgan fingerprint density at radius 1 is 1.14 bits per heavy atom. The SMILES string of the molecule is O=C(NC1CCN(C(=O)O)CC1)c1cc(-c2c(O)cc(O)cc2Oc2ccc([N+](=O)[O-])cc2)on1. The second-order valence-corrected chi connectivity index (χ2v) is 7.78. The smallest absolute Gasteiger partial charge is 0.407 e. The molecule has 1 aromatic heterocycles. The number of rotatable bonds is 6. The number of benzene rings is 2. The summed E-state index contributed by atoms with van der Waals surface area (Å²) in [5.41, 5.74) is -0.215. The number of aromatic nitrogens is 1. The minimum Gasteiger partial charge on any atom is -0.508 e. The van der Waals surface area contributed by atoms with Crippen molar-refractivity contribution in [2.24, 2.45) is 0 Å². The van der Waals surface area contributed by atoms with Gasteiger partial charge in [0.2, 0.25) is 0 Å². The molecule has 1 saturated heterocycles. The van der Waals surface area contributed by atoms with Gasteiger partial charge in [0.15, 0.2) is 11.5 Å². The largest absolute Gasteiger partial charge is 0.508 e. The summed E-state index contributed by atoms with van der Waals surface area (Å²) in [4.78, 5) is 35.2. The predicted octanol–water partition coefficient (Wildman–Crippen LogP) is 3.33. The molecule has 4 N–H and O–H groups in total. The van der Waals surface area contributed by atoms with Crippen molar-refractivity contribution in [1.82, 2.24) is 15.4 Å². The number of hydrogen-bond acceptors (Lipinski definition) is 9. The fraction of sp³-hybridized carbons (Fsp3) is 0.227.